The SMILES string of the molecule is CCCCCCCCCCCC(CS)Cc1cccc([N+](=O)[O-])c1. The van der Waals surface area contributed by atoms with Gasteiger partial charge in [0.05, 0.1) is 4.92 Å². The minimum atomic E-state index is -0.320. The van der Waals surface area contributed by atoms with Crippen LogP contribution in [0.3, 0.4) is 0 Å². The van der Waals surface area contributed by atoms with Crippen molar-refractivity contribution < 1.29 is 4.92 Å². The van der Waals surface area contributed by atoms with Crippen LogP contribution >= 0.6 is 12.6 Å². The van der Waals surface area contributed by atoms with Gasteiger partial charge in [-0.25, -0.2) is 0 Å². The fraction of sp³-hybridized carbons (Fsp3) is 0.700. The van der Waals surface area contributed by atoms with E-state index in [2.05, 4.69) is 19.6 Å². The Morgan fingerprint density at radius 3 is 2.25 bits per heavy atom. The van der Waals surface area contributed by atoms with Gasteiger partial charge in [0.1, 0.15) is 0 Å². The Morgan fingerprint density at radius 1 is 1.04 bits per heavy atom. The molecular formula is C20H33NO2S. The smallest absolute Gasteiger partial charge is 0.258 e. The molecule has 1 rings (SSSR count). The molecule has 0 fully saturated rings. The van der Waals surface area contributed by atoms with Crippen LogP contribution < -0.4 is 0 Å². The summed E-state index contributed by atoms with van der Waals surface area (Å²) in [6.45, 7) is 2.26. The maximum Gasteiger partial charge on any atom is 0.269 e. The summed E-state index contributed by atoms with van der Waals surface area (Å²) in [7, 11) is 0. The lowest BCUT2D eigenvalue weighted by atomic mass is 9.94. The summed E-state index contributed by atoms with van der Waals surface area (Å²) in [6, 6.07) is 7.02. The predicted octanol–water partition coefficient (Wildman–Crippen LogP) is 6.60. The average molecular weight is 352 g/mol. The van der Waals surface area contributed by atoms with Crippen molar-refractivity contribution in [1.29, 1.82) is 0 Å². The van der Waals surface area contributed by atoms with Crippen molar-refractivity contribution >= 4 is 18.3 Å². The van der Waals surface area contributed by atoms with E-state index in [1.165, 1.54) is 64.2 Å². The highest BCUT2D eigenvalue weighted by Gasteiger charge is 2.11. The molecule has 0 saturated heterocycles. The number of nitrogens with zero attached hydrogens (tertiary/aromatic N) is 1. The summed E-state index contributed by atoms with van der Waals surface area (Å²) < 4.78 is 0. The van der Waals surface area contributed by atoms with E-state index in [1.54, 1.807) is 18.2 Å². The maximum absolute atomic E-state index is 10.9. The molecule has 0 radical (unpaired) electrons. The summed E-state index contributed by atoms with van der Waals surface area (Å²) in [6.07, 6.45) is 14.1. The van der Waals surface area contributed by atoms with Crippen LogP contribution in [0.2, 0.25) is 0 Å². The van der Waals surface area contributed by atoms with Gasteiger partial charge in [0.15, 0.2) is 0 Å². The van der Waals surface area contributed by atoms with Gasteiger partial charge in [0.25, 0.3) is 5.69 Å². The number of hydrogen-bond donors (Lipinski definition) is 1. The van der Waals surface area contributed by atoms with Gasteiger partial charge in [-0.2, -0.15) is 12.6 Å². The molecule has 0 bridgehead atoms. The first kappa shape index (κ1) is 21.0. The summed E-state index contributed by atoms with van der Waals surface area (Å²) >= 11 is 4.47. The Kier molecular flexibility index (Phi) is 11.6. The Hall–Kier alpha value is -1.03. The second-order valence-electron chi connectivity index (χ2n) is 6.80. The van der Waals surface area contributed by atoms with Gasteiger partial charge in [-0.1, -0.05) is 76.8 Å². The van der Waals surface area contributed by atoms with Gasteiger partial charge in [-0.3, -0.25) is 10.1 Å². The van der Waals surface area contributed by atoms with Gasteiger partial charge in [0.2, 0.25) is 0 Å². The molecule has 0 aliphatic carbocycles. The zero-order valence-corrected chi connectivity index (χ0v) is 16.0. The zero-order valence-electron chi connectivity index (χ0n) is 15.1. The van der Waals surface area contributed by atoms with E-state index >= 15 is 0 Å². The van der Waals surface area contributed by atoms with Crippen molar-refractivity contribution in [3.05, 3.63) is 39.9 Å². The van der Waals surface area contributed by atoms with Crippen LogP contribution in [0.5, 0.6) is 0 Å². The van der Waals surface area contributed by atoms with Gasteiger partial charge in [0, 0.05) is 12.1 Å². The van der Waals surface area contributed by atoms with Crippen molar-refractivity contribution in [2.45, 2.75) is 77.6 Å². The molecule has 0 aromatic heterocycles. The number of benzene rings is 1. The number of nitro benzene ring substituents is 1. The van der Waals surface area contributed by atoms with Crippen molar-refractivity contribution in [3.8, 4) is 0 Å². The molecule has 136 valence electrons. The zero-order chi connectivity index (χ0) is 17.6. The predicted molar refractivity (Wildman–Crippen MR) is 106 cm³/mol. The highest BCUT2D eigenvalue weighted by atomic mass is 32.1. The van der Waals surface area contributed by atoms with E-state index in [0.29, 0.717) is 5.92 Å². The van der Waals surface area contributed by atoms with Crippen LogP contribution in [0.25, 0.3) is 0 Å². The lowest BCUT2D eigenvalue weighted by Crippen LogP contribution is -2.07. The first-order chi connectivity index (χ1) is 11.7. The van der Waals surface area contributed by atoms with E-state index < -0.39 is 0 Å². The molecular weight excluding hydrogens is 318 g/mol. The molecule has 1 unspecified atom stereocenters. The quantitative estimate of drug-likeness (QED) is 0.177. The summed E-state index contributed by atoms with van der Waals surface area (Å²) in [5, 5.41) is 10.9. The van der Waals surface area contributed by atoms with E-state index in [0.717, 1.165) is 17.7 Å². The van der Waals surface area contributed by atoms with Crippen molar-refractivity contribution in [3.63, 3.8) is 0 Å². The molecule has 0 aliphatic rings. The molecule has 1 atom stereocenters. The highest BCUT2D eigenvalue weighted by molar-refractivity contribution is 7.80. The number of thiol groups is 1. The number of unbranched alkanes of at least 4 members (excludes halogenated alkanes) is 8. The van der Waals surface area contributed by atoms with Crippen LogP contribution in [-0.4, -0.2) is 10.7 Å². The second-order valence-corrected chi connectivity index (χ2v) is 7.16. The van der Waals surface area contributed by atoms with Gasteiger partial charge < -0.3 is 0 Å². The molecule has 0 amide bonds. The largest absolute Gasteiger partial charge is 0.269 e. The number of rotatable bonds is 14. The van der Waals surface area contributed by atoms with Gasteiger partial charge >= 0.3 is 0 Å². The molecule has 0 heterocycles. The minimum absolute atomic E-state index is 0.188. The molecule has 3 nitrogen and oxygen atoms in total. The topological polar surface area (TPSA) is 43.1 Å². The van der Waals surface area contributed by atoms with Crippen molar-refractivity contribution in [1.82, 2.24) is 0 Å². The molecule has 0 spiro atoms. The van der Waals surface area contributed by atoms with E-state index in [9.17, 15) is 10.1 Å². The summed E-state index contributed by atoms with van der Waals surface area (Å²) in [5.41, 5.74) is 1.24. The molecule has 1 aromatic rings. The molecule has 0 N–H and O–H groups in total. The minimum Gasteiger partial charge on any atom is -0.258 e. The van der Waals surface area contributed by atoms with E-state index in [1.807, 2.05) is 6.07 Å². The van der Waals surface area contributed by atoms with Crippen molar-refractivity contribution in [2.75, 3.05) is 5.75 Å². The third-order valence-electron chi connectivity index (χ3n) is 4.62. The Bertz CT molecular complexity index is 465. The summed E-state index contributed by atoms with van der Waals surface area (Å²) in [5.74, 6) is 1.36. The number of hydrogen-bond acceptors (Lipinski definition) is 3. The highest BCUT2D eigenvalue weighted by Crippen LogP contribution is 2.21. The van der Waals surface area contributed by atoms with Crippen LogP contribution in [0, 0.1) is 16.0 Å². The lowest BCUT2D eigenvalue weighted by Gasteiger charge is -2.14. The van der Waals surface area contributed by atoms with Gasteiger partial charge in [-0.05, 0) is 30.1 Å². The normalized spacial score (nSPS) is 12.2. The first-order valence-corrected chi connectivity index (χ1v) is 10.1. The number of nitro groups is 1. The fourth-order valence-electron chi connectivity index (χ4n) is 3.13. The third kappa shape index (κ3) is 9.31. The molecule has 4 heteroatoms. The van der Waals surface area contributed by atoms with Crippen LogP contribution in [0.4, 0.5) is 5.69 Å². The maximum atomic E-state index is 10.9. The van der Waals surface area contributed by atoms with Gasteiger partial charge in [-0.15, -0.1) is 0 Å². The number of non-ortho nitro benzene ring substituents is 1. The molecule has 24 heavy (non-hydrogen) atoms. The first-order valence-electron chi connectivity index (χ1n) is 9.51. The van der Waals surface area contributed by atoms with Crippen LogP contribution in [-0.2, 0) is 6.42 Å². The monoisotopic (exact) mass is 351 g/mol. The Morgan fingerprint density at radius 2 is 1.67 bits per heavy atom. The third-order valence-corrected chi connectivity index (χ3v) is 5.14. The fourth-order valence-corrected chi connectivity index (χ4v) is 3.44. The van der Waals surface area contributed by atoms with E-state index in [-0.39, 0.29) is 10.6 Å². The Labute approximate surface area is 152 Å². The van der Waals surface area contributed by atoms with Crippen LogP contribution in [0.1, 0.15) is 76.7 Å². The molecule has 1 aromatic carbocycles. The molecule has 0 saturated carbocycles. The standard InChI is InChI=1S/C20H33NO2S/c1-2-3-4-5-6-7-8-9-10-12-19(17-24)15-18-13-11-14-20(16-18)21(22)23/h11,13-14,16,19,24H,2-10,12,15,17H2,1H3. The van der Waals surface area contributed by atoms with Crippen LogP contribution in [0.15, 0.2) is 24.3 Å². The average Bonchev–Trinajstić information content (AvgIpc) is 2.59. The lowest BCUT2D eigenvalue weighted by molar-refractivity contribution is -0.384. The Balaban J connectivity index is 2.18. The summed E-state index contributed by atoms with van der Waals surface area (Å²) in [4.78, 5) is 10.5. The van der Waals surface area contributed by atoms with Crippen molar-refractivity contribution in [2.24, 2.45) is 5.92 Å². The molecule has 0 aliphatic heterocycles. The van der Waals surface area contributed by atoms with E-state index in [4.69, 9.17) is 0 Å². The second kappa shape index (κ2) is 13.3.